The number of likely N-dealkylation sites (tertiary alicyclic amines) is 1. The molecule has 0 aliphatic carbocycles. The van der Waals surface area contributed by atoms with Crippen LogP contribution in [0.25, 0.3) is 0 Å². The van der Waals surface area contributed by atoms with Gasteiger partial charge in [-0.1, -0.05) is 13.3 Å². The van der Waals surface area contributed by atoms with Gasteiger partial charge in [0.1, 0.15) is 6.04 Å². The third-order valence-electron chi connectivity index (χ3n) is 3.39. The first-order chi connectivity index (χ1) is 7.46. The SMILES string of the molecule is CCCC(C(=O)O)N1CCCC(C)(O)CC1. The van der Waals surface area contributed by atoms with Gasteiger partial charge >= 0.3 is 5.97 Å². The van der Waals surface area contributed by atoms with E-state index in [0.717, 1.165) is 25.8 Å². The van der Waals surface area contributed by atoms with Crippen molar-refractivity contribution in [2.24, 2.45) is 0 Å². The Kier molecular flexibility index (Phi) is 4.74. The molecule has 0 saturated carbocycles. The lowest BCUT2D eigenvalue weighted by Gasteiger charge is -2.27. The summed E-state index contributed by atoms with van der Waals surface area (Å²) in [6.45, 7) is 5.31. The van der Waals surface area contributed by atoms with E-state index in [1.807, 2.05) is 18.7 Å². The second-order valence-electron chi connectivity index (χ2n) is 5.03. The Morgan fingerprint density at radius 1 is 1.44 bits per heavy atom. The number of aliphatic hydroxyl groups is 1. The fourth-order valence-electron chi connectivity index (χ4n) is 2.33. The largest absolute Gasteiger partial charge is 0.480 e. The predicted molar refractivity (Wildman–Crippen MR) is 62.4 cm³/mol. The molecule has 2 atom stereocenters. The number of aliphatic carboxylic acids is 1. The molecular formula is C12H23NO3. The zero-order valence-electron chi connectivity index (χ0n) is 10.3. The standard InChI is InChI=1S/C12H23NO3/c1-3-5-10(11(14)15)13-8-4-6-12(2,16)7-9-13/h10,16H,3-9H2,1-2H3,(H,14,15). The molecule has 0 bridgehead atoms. The van der Waals surface area contributed by atoms with E-state index in [4.69, 9.17) is 0 Å². The van der Waals surface area contributed by atoms with Gasteiger partial charge in [-0.3, -0.25) is 9.69 Å². The van der Waals surface area contributed by atoms with Gasteiger partial charge in [-0.25, -0.2) is 0 Å². The minimum absolute atomic E-state index is 0.376. The molecule has 1 fully saturated rings. The van der Waals surface area contributed by atoms with Gasteiger partial charge in [0.05, 0.1) is 5.60 Å². The number of carbonyl (C=O) groups is 1. The van der Waals surface area contributed by atoms with Gasteiger partial charge in [0, 0.05) is 6.54 Å². The van der Waals surface area contributed by atoms with Gasteiger partial charge in [0.25, 0.3) is 0 Å². The van der Waals surface area contributed by atoms with Crippen LogP contribution < -0.4 is 0 Å². The van der Waals surface area contributed by atoms with Crippen LogP contribution in [0.15, 0.2) is 0 Å². The fraction of sp³-hybridized carbons (Fsp3) is 0.917. The molecular weight excluding hydrogens is 206 g/mol. The summed E-state index contributed by atoms with van der Waals surface area (Å²) in [5.41, 5.74) is -0.621. The molecule has 4 nitrogen and oxygen atoms in total. The van der Waals surface area contributed by atoms with Gasteiger partial charge in [0.15, 0.2) is 0 Å². The summed E-state index contributed by atoms with van der Waals surface area (Å²) in [5, 5.41) is 19.1. The summed E-state index contributed by atoms with van der Waals surface area (Å²) in [6, 6.07) is -0.376. The zero-order chi connectivity index (χ0) is 12.2. The average Bonchev–Trinajstić information content (AvgIpc) is 2.35. The molecule has 0 radical (unpaired) electrons. The van der Waals surface area contributed by atoms with Crippen LogP contribution in [0.3, 0.4) is 0 Å². The van der Waals surface area contributed by atoms with Gasteiger partial charge in [0.2, 0.25) is 0 Å². The summed E-state index contributed by atoms with van der Waals surface area (Å²) in [5.74, 6) is -0.733. The van der Waals surface area contributed by atoms with Crippen molar-refractivity contribution in [1.29, 1.82) is 0 Å². The summed E-state index contributed by atoms with van der Waals surface area (Å²) in [4.78, 5) is 13.2. The molecule has 1 rings (SSSR count). The third-order valence-corrected chi connectivity index (χ3v) is 3.39. The van der Waals surface area contributed by atoms with Crippen LogP contribution in [0.2, 0.25) is 0 Å². The zero-order valence-corrected chi connectivity index (χ0v) is 10.3. The van der Waals surface area contributed by atoms with Crippen LogP contribution in [0.4, 0.5) is 0 Å². The van der Waals surface area contributed by atoms with Crippen molar-refractivity contribution >= 4 is 5.97 Å². The van der Waals surface area contributed by atoms with Crippen molar-refractivity contribution in [3.05, 3.63) is 0 Å². The maximum absolute atomic E-state index is 11.2. The van der Waals surface area contributed by atoms with Crippen molar-refractivity contribution < 1.29 is 15.0 Å². The molecule has 16 heavy (non-hydrogen) atoms. The van der Waals surface area contributed by atoms with E-state index in [9.17, 15) is 15.0 Å². The lowest BCUT2D eigenvalue weighted by atomic mass is 9.98. The van der Waals surface area contributed by atoms with E-state index in [-0.39, 0.29) is 6.04 Å². The van der Waals surface area contributed by atoms with Gasteiger partial charge in [-0.15, -0.1) is 0 Å². The molecule has 2 N–H and O–H groups in total. The van der Waals surface area contributed by atoms with Crippen molar-refractivity contribution in [3.8, 4) is 0 Å². The van der Waals surface area contributed by atoms with Gasteiger partial charge < -0.3 is 10.2 Å². The van der Waals surface area contributed by atoms with Crippen LogP contribution in [-0.4, -0.2) is 45.8 Å². The number of rotatable bonds is 4. The summed E-state index contributed by atoms with van der Waals surface area (Å²) in [6.07, 6.45) is 3.88. The highest BCUT2D eigenvalue weighted by atomic mass is 16.4. The number of carboxylic acid groups (broad SMARTS) is 1. The normalized spacial score (nSPS) is 29.7. The molecule has 94 valence electrons. The second kappa shape index (κ2) is 5.64. The molecule has 0 aromatic rings. The van der Waals surface area contributed by atoms with E-state index in [2.05, 4.69) is 0 Å². The molecule has 0 spiro atoms. The molecule has 1 aliphatic rings. The highest BCUT2D eigenvalue weighted by Crippen LogP contribution is 2.23. The summed E-state index contributed by atoms with van der Waals surface area (Å²) < 4.78 is 0. The molecule has 0 amide bonds. The number of carboxylic acids is 1. The Balaban J connectivity index is 2.61. The van der Waals surface area contributed by atoms with Crippen molar-refractivity contribution in [1.82, 2.24) is 4.90 Å². The molecule has 0 aromatic carbocycles. The van der Waals surface area contributed by atoms with Gasteiger partial charge in [-0.05, 0) is 39.2 Å². The molecule has 4 heteroatoms. The lowest BCUT2D eigenvalue weighted by molar-refractivity contribution is -0.143. The van der Waals surface area contributed by atoms with Crippen LogP contribution in [0.5, 0.6) is 0 Å². The van der Waals surface area contributed by atoms with Crippen LogP contribution in [0, 0.1) is 0 Å². The molecule has 1 heterocycles. The van der Waals surface area contributed by atoms with E-state index in [1.54, 1.807) is 0 Å². The average molecular weight is 229 g/mol. The molecule has 1 aliphatic heterocycles. The van der Waals surface area contributed by atoms with Crippen LogP contribution in [0.1, 0.15) is 46.0 Å². The maximum Gasteiger partial charge on any atom is 0.320 e. The van der Waals surface area contributed by atoms with E-state index in [1.165, 1.54) is 0 Å². The monoisotopic (exact) mass is 229 g/mol. The Morgan fingerprint density at radius 3 is 2.69 bits per heavy atom. The Hall–Kier alpha value is -0.610. The maximum atomic E-state index is 11.2. The minimum atomic E-state index is -0.733. The number of hydrogen-bond acceptors (Lipinski definition) is 3. The number of nitrogens with zero attached hydrogens (tertiary/aromatic N) is 1. The van der Waals surface area contributed by atoms with Crippen molar-refractivity contribution in [2.75, 3.05) is 13.1 Å². The molecule has 2 unspecified atom stereocenters. The van der Waals surface area contributed by atoms with E-state index in [0.29, 0.717) is 19.4 Å². The van der Waals surface area contributed by atoms with Crippen molar-refractivity contribution in [3.63, 3.8) is 0 Å². The van der Waals surface area contributed by atoms with E-state index >= 15 is 0 Å². The first-order valence-corrected chi connectivity index (χ1v) is 6.15. The first-order valence-electron chi connectivity index (χ1n) is 6.15. The Bertz CT molecular complexity index is 240. The fourth-order valence-corrected chi connectivity index (χ4v) is 2.33. The summed E-state index contributed by atoms with van der Waals surface area (Å²) in [7, 11) is 0. The van der Waals surface area contributed by atoms with Crippen LogP contribution >= 0.6 is 0 Å². The number of hydrogen-bond donors (Lipinski definition) is 2. The van der Waals surface area contributed by atoms with E-state index < -0.39 is 11.6 Å². The first kappa shape index (κ1) is 13.5. The predicted octanol–water partition coefficient (Wildman–Crippen LogP) is 1.48. The minimum Gasteiger partial charge on any atom is -0.480 e. The highest BCUT2D eigenvalue weighted by Gasteiger charge is 2.30. The Morgan fingerprint density at radius 2 is 2.12 bits per heavy atom. The van der Waals surface area contributed by atoms with Gasteiger partial charge in [-0.2, -0.15) is 0 Å². The smallest absolute Gasteiger partial charge is 0.320 e. The topological polar surface area (TPSA) is 60.8 Å². The third kappa shape index (κ3) is 3.76. The molecule has 0 aromatic heterocycles. The Labute approximate surface area is 97.3 Å². The summed E-state index contributed by atoms with van der Waals surface area (Å²) >= 11 is 0. The quantitative estimate of drug-likeness (QED) is 0.766. The van der Waals surface area contributed by atoms with Crippen LogP contribution in [-0.2, 0) is 4.79 Å². The lowest BCUT2D eigenvalue weighted by Crippen LogP contribution is -2.42. The second-order valence-corrected chi connectivity index (χ2v) is 5.03. The molecule has 1 saturated heterocycles. The highest BCUT2D eigenvalue weighted by molar-refractivity contribution is 5.73. The van der Waals surface area contributed by atoms with Crippen molar-refractivity contribution in [2.45, 2.75) is 57.6 Å².